The van der Waals surface area contributed by atoms with Crippen LogP contribution in [0.15, 0.2) is 12.1 Å². The number of nitrogens with two attached hydrogens (primary N) is 1. The first-order valence-electron chi connectivity index (χ1n) is 5.77. The first kappa shape index (κ1) is 13.8. The van der Waals surface area contributed by atoms with Crippen LogP contribution in [0.4, 0.5) is 0 Å². The van der Waals surface area contributed by atoms with Crippen LogP contribution >= 0.6 is 0 Å². The molecule has 0 aliphatic carbocycles. The van der Waals surface area contributed by atoms with E-state index in [1.54, 1.807) is 14.2 Å². The quantitative estimate of drug-likeness (QED) is 0.790. The molecule has 0 saturated carbocycles. The zero-order valence-electron chi connectivity index (χ0n) is 11.0. The number of rotatable bonds is 6. The van der Waals surface area contributed by atoms with Gasteiger partial charge in [-0.3, -0.25) is 0 Å². The average Bonchev–Trinajstić information content (AvgIpc) is 2.36. The Morgan fingerprint density at radius 3 is 2.29 bits per heavy atom. The molecule has 1 atom stereocenters. The zero-order chi connectivity index (χ0) is 12.8. The predicted molar refractivity (Wildman–Crippen MR) is 69.8 cm³/mol. The summed E-state index contributed by atoms with van der Waals surface area (Å²) < 4.78 is 10.6. The fraction of sp³-hybridized carbons (Fsp3) is 0.538. The molecule has 17 heavy (non-hydrogen) atoms. The lowest BCUT2D eigenvalue weighted by Gasteiger charge is -2.20. The Balaban J connectivity index is 3.14. The van der Waals surface area contributed by atoms with Gasteiger partial charge in [0, 0.05) is 6.04 Å². The van der Waals surface area contributed by atoms with E-state index in [9.17, 15) is 0 Å². The molecule has 0 fully saturated rings. The van der Waals surface area contributed by atoms with Crippen molar-refractivity contribution in [2.24, 2.45) is 5.73 Å². The predicted octanol–water partition coefficient (Wildman–Crippen LogP) is 1.62. The summed E-state index contributed by atoms with van der Waals surface area (Å²) in [5, 5.41) is 3.27. The number of methoxy groups -OCH3 is 2. The molecule has 4 nitrogen and oxygen atoms in total. The Bertz CT molecular complexity index is 367. The van der Waals surface area contributed by atoms with Gasteiger partial charge in [0.15, 0.2) is 11.5 Å². The molecule has 1 aromatic rings. The minimum atomic E-state index is 0.250. The highest BCUT2D eigenvalue weighted by Crippen LogP contribution is 2.33. The molecule has 0 amide bonds. The van der Waals surface area contributed by atoms with E-state index in [0.29, 0.717) is 6.54 Å². The van der Waals surface area contributed by atoms with Crippen LogP contribution in [-0.4, -0.2) is 27.8 Å². The number of benzene rings is 1. The molecule has 1 aromatic carbocycles. The van der Waals surface area contributed by atoms with Crippen molar-refractivity contribution >= 4 is 0 Å². The first-order valence-corrected chi connectivity index (χ1v) is 5.77. The van der Waals surface area contributed by atoms with Gasteiger partial charge in [-0.1, -0.05) is 0 Å². The van der Waals surface area contributed by atoms with E-state index >= 15 is 0 Å². The SMILES string of the molecule is CNC(CCN)c1cc(OC)c(OC)cc1C. The van der Waals surface area contributed by atoms with E-state index in [2.05, 4.69) is 12.2 Å². The van der Waals surface area contributed by atoms with Crippen LogP contribution < -0.4 is 20.5 Å². The Hall–Kier alpha value is -1.26. The maximum Gasteiger partial charge on any atom is 0.161 e. The van der Waals surface area contributed by atoms with Crippen LogP contribution in [0.25, 0.3) is 0 Å². The van der Waals surface area contributed by atoms with Crippen molar-refractivity contribution in [1.29, 1.82) is 0 Å². The maximum atomic E-state index is 5.62. The lowest BCUT2D eigenvalue weighted by molar-refractivity contribution is 0.353. The summed E-state index contributed by atoms with van der Waals surface area (Å²) in [6, 6.07) is 4.26. The second-order valence-electron chi connectivity index (χ2n) is 3.98. The van der Waals surface area contributed by atoms with Gasteiger partial charge < -0.3 is 20.5 Å². The van der Waals surface area contributed by atoms with E-state index in [0.717, 1.165) is 17.9 Å². The van der Waals surface area contributed by atoms with E-state index in [1.807, 2.05) is 19.2 Å². The minimum absolute atomic E-state index is 0.250. The third-order valence-corrected chi connectivity index (χ3v) is 2.95. The van der Waals surface area contributed by atoms with Gasteiger partial charge in [-0.2, -0.15) is 0 Å². The summed E-state index contributed by atoms with van der Waals surface area (Å²) in [4.78, 5) is 0. The number of ether oxygens (including phenoxy) is 2. The molecular weight excluding hydrogens is 216 g/mol. The molecule has 0 aliphatic rings. The number of hydrogen-bond acceptors (Lipinski definition) is 4. The summed E-state index contributed by atoms with van der Waals surface area (Å²) in [7, 11) is 5.23. The van der Waals surface area contributed by atoms with E-state index in [1.165, 1.54) is 11.1 Å². The van der Waals surface area contributed by atoms with E-state index in [4.69, 9.17) is 15.2 Å². The molecule has 0 heterocycles. The molecule has 1 unspecified atom stereocenters. The second-order valence-corrected chi connectivity index (χ2v) is 3.98. The van der Waals surface area contributed by atoms with Gasteiger partial charge >= 0.3 is 0 Å². The first-order chi connectivity index (χ1) is 8.17. The van der Waals surface area contributed by atoms with Crippen molar-refractivity contribution in [3.8, 4) is 11.5 Å². The molecule has 3 N–H and O–H groups in total. The molecule has 0 aliphatic heterocycles. The third-order valence-electron chi connectivity index (χ3n) is 2.95. The Morgan fingerprint density at radius 1 is 1.24 bits per heavy atom. The summed E-state index contributed by atoms with van der Waals surface area (Å²) >= 11 is 0. The van der Waals surface area contributed by atoms with Gasteiger partial charge in [0.25, 0.3) is 0 Å². The van der Waals surface area contributed by atoms with E-state index in [-0.39, 0.29) is 6.04 Å². The van der Waals surface area contributed by atoms with Crippen molar-refractivity contribution < 1.29 is 9.47 Å². The lowest BCUT2D eigenvalue weighted by Crippen LogP contribution is -2.20. The fourth-order valence-electron chi connectivity index (χ4n) is 1.99. The van der Waals surface area contributed by atoms with Gasteiger partial charge in [0.2, 0.25) is 0 Å². The monoisotopic (exact) mass is 238 g/mol. The summed E-state index contributed by atoms with van der Waals surface area (Å²) in [6.07, 6.45) is 0.896. The molecule has 0 aromatic heterocycles. The molecule has 1 rings (SSSR count). The minimum Gasteiger partial charge on any atom is -0.493 e. The Labute approximate surface area is 103 Å². The lowest BCUT2D eigenvalue weighted by atomic mass is 9.98. The van der Waals surface area contributed by atoms with Gasteiger partial charge in [-0.25, -0.2) is 0 Å². The van der Waals surface area contributed by atoms with Crippen LogP contribution in [0.5, 0.6) is 11.5 Å². The van der Waals surface area contributed by atoms with Crippen molar-refractivity contribution in [3.05, 3.63) is 23.3 Å². The highest BCUT2D eigenvalue weighted by Gasteiger charge is 2.15. The van der Waals surface area contributed by atoms with Gasteiger partial charge in [-0.05, 0) is 50.2 Å². The Morgan fingerprint density at radius 2 is 1.82 bits per heavy atom. The van der Waals surface area contributed by atoms with Crippen molar-refractivity contribution in [1.82, 2.24) is 5.32 Å². The summed E-state index contributed by atoms with van der Waals surface area (Å²) in [6.45, 7) is 2.72. The van der Waals surface area contributed by atoms with E-state index < -0.39 is 0 Å². The number of nitrogens with one attached hydrogen (secondary N) is 1. The van der Waals surface area contributed by atoms with Crippen LogP contribution in [-0.2, 0) is 0 Å². The van der Waals surface area contributed by atoms with Crippen LogP contribution in [0, 0.1) is 6.92 Å². The van der Waals surface area contributed by atoms with Crippen LogP contribution in [0.3, 0.4) is 0 Å². The van der Waals surface area contributed by atoms with Crippen molar-refractivity contribution in [2.75, 3.05) is 27.8 Å². The highest BCUT2D eigenvalue weighted by molar-refractivity contribution is 5.48. The molecule has 0 bridgehead atoms. The largest absolute Gasteiger partial charge is 0.493 e. The summed E-state index contributed by atoms with van der Waals surface area (Å²) in [5.41, 5.74) is 8.00. The summed E-state index contributed by atoms with van der Waals surface area (Å²) in [5.74, 6) is 1.52. The van der Waals surface area contributed by atoms with Crippen molar-refractivity contribution in [2.45, 2.75) is 19.4 Å². The zero-order valence-corrected chi connectivity index (χ0v) is 11.0. The van der Waals surface area contributed by atoms with Crippen LogP contribution in [0.2, 0.25) is 0 Å². The molecule has 0 radical (unpaired) electrons. The van der Waals surface area contributed by atoms with Gasteiger partial charge in [-0.15, -0.1) is 0 Å². The number of aryl methyl sites for hydroxylation is 1. The maximum absolute atomic E-state index is 5.62. The Kier molecular flexibility index (Phi) is 5.25. The van der Waals surface area contributed by atoms with Gasteiger partial charge in [0.1, 0.15) is 0 Å². The standard InChI is InChI=1S/C13H22N2O2/c1-9-7-12(16-3)13(17-4)8-10(9)11(15-2)5-6-14/h7-8,11,15H,5-6,14H2,1-4H3. The number of hydrogen-bond donors (Lipinski definition) is 2. The smallest absolute Gasteiger partial charge is 0.161 e. The topological polar surface area (TPSA) is 56.5 Å². The molecule has 4 heteroatoms. The molecule has 0 spiro atoms. The normalized spacial score (nSPS) is 12.3. The van der Waals surface area contributed by atoms with Crippen LogP contribution in [0.1, 0.15) is 23.6 Å². The third kappa shape index (κ3) is 3.11. The fourth-order valence-corrected chi connectivity index (χ4v) is 1.99. The van der Waals surface area contributed by atoms with Crippen molar-refractivity contribution in [3.63, 3.8) is 0 Å². The highest BCUT2D eigenvalue weighted by atomic mass is 16.5. The molecule has 0 saturated heterocycles. The second kappa shape index (κ2) is 6.47. The molecular formula is C13H22N2O2. The molecule has 96 valence electrons. The van der Waals surface area contributed by atoms with Gasteiger partial charge in [0.05, 0.1) is 14.2 Å². The average molecular weight is 238 g/mol.